The fraction of sp³-hybridized carbons (Fsp3) is 0.429. The normalized spacial score (nSPS) is 13.4. The lowest BCUT2D eigenvalue weighted by Gasteiger charge is -2.05. The molecule has 0 aliphatic carbocycles. The number of aliphatic hydroxyl groups excluding tert-OH is 1. The van der Waals surface area contributed by atoms with Crippen molar-refractivity contribution in [2.24, 2.45) is 5.73 Å². The molecule has 1 rings (SSSR count). The van der Waals surface area contributed by atoms with E-state index in [1.54, 1.807) is 6.07 Å². The highest BCUT2D eigenvalue weighted by atomic mass is 19.1. The van der Waals surface area contributed by atoms with E-state index in [1.807, 2.05) is 0 Å². The first kappa shape index (κ1) is 8.23. The van der Waals surface area contributed by atoms with Crippen molar-refractivity contribution in [2.75, 3.05) is 6.61 Å². The van der Waals surface area contributed by atoms with E-state index in [0.717, 1.165) is 0 Å². The molecule has 4 heteroatoms. The monoisotopic (exact) mass is 158 g/mol. The van der Waals surface area contributed by atoms with Gasteiger partial charge in [-0.05, 0) is 18.6 Å². The van der Waals surface area contributed by atoms with Gasteiger partial charge in [-0.3, -0.25) is 0 Å². The van der Waals surface area contributed by atoms with Gasteiger partial charge in [-0.15, -0.1) is 0 Å². The number of aliphatic hydroxyl groups is 1. The fourth-order valence-corrected chi connectivity index (χ4v) is 0.895. The molecule has 0 saturated heterocycles. The number of halogens is 1. The second kappa shape index (κ2) is 3.50. The molecule has 1 aromatic rings. The summed E-state index contributed by atoms with van der Waals surface area (Å²) in [5, 5.41) is 8.52. The molecule has 0 saturated carbocycles. The standard InChI is InChI=1S/C7H11FN2O/c8-7-2-1-6(10-7)5(9)3-4-11/h1-2,5,10-11H,3-4,9H2/t5-/m1/s1. The number of H-pyrrole nitrogens is 1. The van der Waals surface area contributed by atoms with Gasteiger partial charge in [0.2, 0.25) is 0 Å². The topological polar surface area (TPSA) is 62.0 Å². The van der Waals surface area contributed by atoms with Crippen LogP contribution in [0.5, 0.6) is 0 Å². The predicted molar refractivity (Wildman–Crippen MR) is 39.4 cm³/mol. The van der Waals surface area contributed by atoms with Crippen LogP contribution in [-0.2, 0) is 0 Å². The minimum Gasteiger partial charge on any atom is -0.396 e. The lowest BCUT2D eigenvalue weighted by Crippen LogP contribution is -2.12. The maximum Gasteiger partial charge on any atom is 0.191 e. The van der Waals surface area contributed by atoms with E-state index in [9.17, 15) is 4.39 Å². The lowest BCUT2D eigenvalue weighted by molar-refractivity contribution is 0.275. The molecule has 0 aromatic carbocycles. The van der Waals surface area contributed by atoms with Crippen molar-refractivity contribution in [2.45, 2.75) is 12.5 Å². The molecular formula is C7H11FN2O. The van der Waals surface area contributed by atoms with Crippen molar-refractivity contribution in [1.82, 2.24) is 4.98 Å². The number of nitrogens with two attached hydrogens (primary N) is 1. The first-order chi connectivity index (χ1) is 5.24. The molecule has 1 atom stereocenters. The molecule has 4 N–H and O–H groups in total. The molecule has 0 spiro atoms. The van der Waals surface area contributed by atoms with Gasteiger partial charge in [0.1, 0.15) is 0 Å². The average Bonchev–Trinajstić information content (AvgIpc) is 2.36. The molecule has 0 fully saturated rings. The van der Waals surface area contributed by atoms with Crippen LogP contribution < -0.4 is 5.73 Å². The van der Waals surface area contributed by atoms with Gasteiger partial charge in [-0.1, -0.05) is 0 Å². The number of rotatable bonds is 3. The van der Waals surface area contributed by atoms with E-state index in [0.29, 0.717) is 12.1 Å². The Bertz CT molecular complexity index is 224. The van der Waals surface area contributed by atoms with Gasteiger partial charge in [0.15, 0.2) is 5.95 Å². The fourth-order valence-electron chi connectivity index (χ4n) is 0.895. The van der Waals surface area contributed by atoms with E-state index in [4.69, 9.17) is 10.8 Å². The van der Waals surface area contributed by atoms with E-state index in [-0.39, 0.29) is 12.6 Å². The molecule has 0 bridgehead atoms. The lowest BCUT2D eigenvalue weighted by atomic mass is 10.2. The second-order valence-electron chi connectivity index (χ2n) is 2.38. The van der Waals surface area contributed by atoms with Crippen molar-refractivity contribution in [3.63, 3.8) is 0 Å². The van der Waals surface area contributed by atoms with Crippen molar-refractivity contribution in [1.29, 1.82) is 0 Å². The van der Waals surface area contributed by atoms with Crippen molar-refractivity contribution < 1.29 is 9.50 Å². The Morgan fingerprint density at radius 1 is 1.64 bits per heavy atom. The Balaban J connectivity index is 2.60. The number of aromatic nitrogens is 1. The number of hydrogen-bond acceptors (Lipinski definition) is 2. The molecule has 11 heavy (non-hydrogen) atoms. The molecule has 62 valence electrons. The highest BCUT2D eigenvalue weighted by Gasteiger charge is 2.06. The van der Waals surface area contributed by atoms with Gasteiger partial charge in [0.25, 0.3) is 0 Å². The molecule has 0 unspecified atom stereocenters. The summed E-state index contributed by atoms with van der Waals surface area (Å²) in [7, 11) is 0. The summed E-state index contributed by atoms with van der Waals surface area (Å²) in [6.45, 7) is 0.0157. The maximum absolute atomic E-state index is 12.4. The van der Waals surface area contributed by atoms with Gasteiger partial charge in [-0.25, -0.2) is 0 Å². The van der Waals surface area contributed by atoms with Crippen molar-refractivity contribution in [3.8, 4) is 0 Å². The first-order valence-electron chi connectivity index (χ1n) is 3.45. The zero-order valence-corrected chi connectivity index (χ0v) is 6.05. The zero-order valence-electron chi connectivity index (χ0n) is 6.05. The molecule has 0 aliphatic heterocycles. The van der Waals surface area contributed by atoms with Gasteiger partial charge >= 0.3 is 0 Å². The van der Waals surface area contributed by atoms with Crippen LogP contribution in [0.2, 0.25) is 0 Å². The summed E-state index contributed by atoms with van der Waals surface area (Å²) in [6.07, 6.45) is 0.444. The van der Waals surface area contributed by atoms with Crippen LogP contribution >= 0.6 is 0 Å². The van der Waals surface area contributed by atoms with E-state index in [1.165, 1.54) is 6.07 Å². The van der Waals surface area contributed by atoms with Crippen LogP contribution in [-0.4, -0.2) is 16.7 Å². The van der Waals surface area contributed by atoms with Crippen LogP contribution in [0.1, 0.15) is 18.2 Å². The third kappa shape index (κ3) is 2.03. The largest absolute Gasteiger partial charge is 0.396 e. The minimum absolute atomic E-state index is 0.0157. The van der Waals surface area contributed by atoms with Crippen molar-refractivity contribution in [3.05, 3.63) is 23.8 Å². The first-order valence-corrected chi connectivity index (χ1v) is 3.45. The maximum atomic E-state index is 12.4. The highest BCUT2D eigenvalue weighted by molar-refractivity contribution is 5.09. The van der Waals surface area contributed by atoms with Gasteiger partial charge in [0, 0.05) is 18.3 Å². The predicted octanol–water partition coefficient (Wildman–Crippen LogP) is 0.536. The molecule has 0 amide bonds. The van der Waals surface area contributed by atoms with Crippen LogP contribution in [0, 0.1) is 5.95 Å². The Kier molecular flexibility index (Phi) is 2.62. The third-order valence-corrected chi connectivity index (χ3v) is 1.51. The zero-order chi connectivity index (χ0) is 8.27. The molecule has 1 aromatic heterocycles. The number of aromatic amines is 1. The van der Waals surface area contributed by atoms with Gasteiger partial charge < -0.3 is 15.8 Å². The third-order valence-electron chi connectivity index (χ3n) is 1.51. The summed E-state index contributed by atoms with van der Waals surface area (Å²) in [5.41, 5.74) is 6.18. The van der Waals surface area contributed by atoms with Crippen LogP contribution in [0.25, 0.3) is 0 Å². The quantitative estimate of drug-likeness (QED) is 0.601. The van der Waals surface area contributed by atoms with E-state index < -0.39 is 5.95 Å². The summed E-state index contributed by atoms with van der Waals surface area (Å²) in [5.74, 6) is -0.395. The van der Waals surface area contributed by atoms with Crippen LogP contribution in [0.15, 0.2) is 12.1 Å². The second-order valence-corrected chi connectivity index (χ2v) is 2.38. The van der Waals surface area contributed by atoms with Gasteiger partial charge in [-0.2, -0.15) is 4.39 Å². The SMILES string of the molecule is N[C@H](CCO)c1ccc(F)[nH]1. The van der Waals surface area contributed by atoms with Crippen LogP contribution in [0.4, 0.5) is 4.39 Å². The average molecular weight is 158 g/mol. The van der Waals surface area contributed by atoms with Crippen molar-refractivity contribution >= 4 is 0 Å². The molecule has 0 radical (unpaired) electrons. The highest BCUT2D eigenvalue weighted by Crippen LogP contribution is 2.11. The Morgan fingerprint density at radius 3 is 2.82 bits per heavy atom. The molecule has 3 nitrogen and oxygen atoms in total. The number of nitrogens with one attached hydrogen (secondary N) is 1. The molecular weight excluding hydrogens is 147 g/mol. The Morgan fingerprint density at radius 2 is 2.36 bits per heavy atom. The Hall–Kier alpha value is -0.870. The minimum atomic E-state index is -0.395. The Labute approximate surface area is 64.0 Å². The van der Waals surface area contributed by atoms with E-state index in [2.05, 4.69) is 4.98 Å². The summed E-state index contributed by atoms with van der Waals surface area (Å²) in [4.78, 5) is 2.46. The van der Waals surface area contributed by atoms with Crippen LogP contribution in [0.3, 0.4) is 0 Å². The van der Waals surface area contributed by atoms with Gasteiger partial charge in [0.05, 0.1) is 0 Å². The number of hydrogen-bond donors (Lipinski definition) is 3. The smallest absolute Gasteiger partial charge is 0.191 e. The molecule has 1 heterocycles. The summed E-state index contributed by atoms with van der Waals surface area (Å²) < 4.78 is 12.4. The summed E-state index contributed by atoms with van der Waals surface area (Å²) in [6, 6.07) is 2.59. The molecule has 0 aliphatic rings. The van der Waals surface area contributed by atoms with E-state index >= 15 is 0 Å². The summed E-state index contributed by atoms with van der Waals surface area (Å²) >= 11 is 0.